The van der Waals surface area contributed by atoms with Gasteiger partial charge in [-0.15, -0.1) is 11.3 Å². The van der Waals surface area contributed by atoms with Gasteiger partial charge in [-0.25, -0.2) is 4.79 Å². The molecule has 0 amide bonds. The molecule has 17 heavy (non-hydrogen) atoms. The van der Waals surface area contributed by atoms with Crippen molar-refractivity contribution in [3.63, 3.8) is 0 Å². The Morgan fingerprint density at radius 3 is 3.18 bits per heavy atom. The summed E-state index contributed by atoms with van der Waals surface area (Å²) >= 11 is 1.27. The van der Waals surface area contributed by atoms with Gasteiger partial charge in [-0.3, -0.25) is 0 Å². The minimum atomic E-state index is -0.846. The molecular weight excluding hydrogens is 238 g/mol. The first-order valence-corrected chi connectivity index (χ1v) is 6.61. The zero-order valence-electron chi connectivity index (χ0n) is 9.86. The van der Waals surface area contributed by atoms with E-state index in [4.69, 9.17) is 9.84 Å². The largest absolute Gasteiger partial charge is 0.477 e. The van der Waals surface area contributed by atoms with Gasteiger partial charge in [0.05, 0.1) is 6.61 Å². The van der Waals surface area contributed by atoms with Crippen molar-refractivity contribution < 1.29 is 14.6 Å². The molecule has 0 bridgehead atoms. The predicted octanol–water partition coefficient (Wildman–Crippen LogP) is 2.11. The standard InChI is InChI=1S/C12H17NO3S/c1-12(4-2-5-16-8-12)13-7-9-3-6-17-10(9)11(14)15/h3,6,13H,2,4-5,7-8H2,1H3,(H,14,15). The fourth-order valence-corrected chi connectivity index (χ4v) is 2.81. The Morgan fingerprint density at radius 1 is 1.71 bits per heavy atom. The van der Waals surface area contributed by atoms with E-state index in [0.29, 0.717) is 18.0 Å². The number of carbonyl (C=O) groups is 1. The second-order valence-corrected chi connectivity index (χ2v) is 5.57. The molecule has 94 valence electrons. The van der Waals surface area contributed by atoms with Gasteiger partial charge in [0.25, 0.3) is 0 Å². The van der Waals surface area contributed by atoms with Crippen LogP contribution in [0.2, 0.25) is 0 Å². The van der Waals surface area contributed by atoms with Crippen molar-refractivity contribution in [3.05, 3.63) is 21.9 Å². The maximum Gasteiger partial charge on any atom is 0.346 e. The fourth-order valence-electron chi connectivity index (χ4n) is 2.04. The number of ether oxygens (including phenoxy) is 1. The molecule has 4 nitrogen and oxygen atoms in total. The molecule has 0 aromatic carbocycles. The van der Waals surface area contributed by atoms with Gasteiger partial charge in [0.2, 0.25) is 0 Å². The van der Waals surface area contributed by atoms with Crippen LogP contribution < -0.4 is 5.32 Å². The third-order valence-corrected chi connectivity index (χ3v) is 4.03. The van der Waals surface area contributed by atoms with Gasteiger partial charge in [0.15, 0.2) is 0 Å². The van der Waals surface area contributed by atoms with Crippen LogP contribution in [-0.4, -0.2) is 29.8 Å². The lowest BCUT2D eigenvalue weighted by molar-refractivity contribution is 0.0277. The van der Waals surface area contributed by atoms with Crippen molar-refractivity contribution in [2.45, 2.75) is 31.8 Å². The van der Waals surface area contributed by atoms with Crippen molar-refractivity contribution in [1.82, 2.24) is 5.32 Å². The van der Waals surface area contributed by atoms with Gasteiger partial charge in [-0.2, -0.15) is 0 Å². The number of rotatable bonds is 4. The smallest absolute Gasteiger partial charge is 0.346 e. The number of nitrogens with one attached hydrogen (secondary N) is 1. The summed E-state index contributed by atoms with van der Waals surface area (Å²) < 4.78 is 5.46. The molecule has 1 fully saturated rings. The highest BCUT2D eigenvalue weighted by Crippen LogP contribution is 2.21. The van der Waals surface area contributed by atoms with Crippen LogP contribution >= 0.6 is 11.3 Å². The first-order chi connectivity index (χ1) is 8.11. The quantitative estimate of drug-likeness (QED) is 0.865. The molecule has 1 aliphatic rings. The van der Waals surface area contributed by atoms with Crippen LogP contribution in [0.4, 0.5) is 0 Å². The van der Waals surface area contributed by atoms with Crippen molar-refractivity contribution in [2.75, 3.05) is 13.2 Å². The van der Waals surface area contributed by atoms with E-state index in [1.807, 2.05) is 11.4 Å². The summed E-state index contributed by atoms with van der Waals surface area (Å²) in [6, 6.07) is 1.87. The van der Waals surface area contributed by atoms with E-state index in [1.165, 1.54) is 11.3 Å². The van der Waals surface area contributed by atoms with E-state index < -0.39 is 5.97 Å². The number of carboxylic acid groups (broad SMARTS) is 1. The minimum Gasteiger partial charge on any atom is -0.477 e. The van der Waals surface area contributed by atoms with Gasteiger partial charge < -0.3 is 15.2 Å². The van der Waals surface area contributed by atoms with Crippen molar-refractivity contribution in [1.29, 1.82) is 0 Å². The van der Waals surface area contributed by atoms with Crippen LogP contribution in [0.3, 0.4) is 0 Å². The highest BCUT2D eigenvalue weighted by atomic mass is 32.1. The Labute approximate surface area is 105 Å². The maximum absolute atomic E-state index is 11.0. The van der Waals surface area contributed by atoms with Crippen molar-refractivity contribution in [2.24, 2.45) is 0 Å². The normalized spacial score (nSPS) is 24.8. The molecule has 1 saturated heterocycles. The number of aromatic carboxylic acids is 1. The molecular formula is C12H17NO3S. The summed E-state index contributed by atoms with van der Waals surface area (Å²) in [6.45, 7) is 4.24. The SMILES string of the molecule is CC1(NCc2ccsc2C(=O)O)CCCOC1. The van der Waals surface area contributed by atoms with Gasteiger partial charge in [0.1, 0.15) is 4.88 Å². The van der Waals surface area contributed by atoms with Crippen LogP contribution in [0.1, 0.15) is 35.0 Å². The molecule has 1 unspecified atom stereocenters. The number of hydrogen-bond donors (Lipinski definition) is 2. The third-order valence-electron chi connectivity index (χ3n) is 3.08. The van der Waals surface area contributed by atoms with Crippen LogP contribution in [-0.2, 0) is 11.3 Å². The first-order valence-electron chi connectivity index (χ1n) is 5.73. The Morgan fingerprint density at radius 2 is 2.53 bits per heavy atom. The number of carboxylic acids is 1. The first kappa shape index (κ1) is 12.5. The van der Waals surface area contributed by atoms with Gasteiger partial charge >= 0.3 is 5.97 Å². The molecule has 2 rings (SSSR count). The van der Waals surface area contributed by atoms with Gasteiger partial charge in [-0.05, 0) is 36.8 Å². The summed E-state index contributed by atoms with van der Waals surface area (Å²) in [4.78, 5) is 11.4. The monoisotopic (exact) mass is 255 g/mol. The van der Waals surface area contributed by atoms with E-state index in [-0.39, 0.29) is 5.54 Å². The third kappa shape index (κ3) is 3.06. The highest BCUT2D eigenvalue weighted by Gasteiger charge is 2.27. The van der Waals surface area contributed by atoms with E-state index >= 15 is 0 Å². The summed E-state index contributed by atoms with van der Waals surface area (Å²) in [6.07, 6.45) is 2.12. The van der Waals surface area contributed by atoms with Crippen LogP contribution in [0.15, 0.2) is 11.4 Å². The number of thiophene rings is 1. The fraction of sp³-hybridized carbons (Fsp3) is 0.583. The molecule has 0 radical (unpaired) electrons. The molecule has 1 aliphatic heterocycles. The van der Waals surface area contributed by atoms with Crippen LogP contribution in [0.25, 0.3) is 0 Å². The Bertz CT molecular complexity index is 396. The van der Waals surface area contributed by atoms with E-state index in [2.05, 4.69) is 12.2 Å². The van der Waals surface area contributed by atoms with E-state index in [1.54, 1.807) is 0 Å². The van der Waals surface area contributed by atoms with Crippen LogP contribution in [0.5, 0.6) is 0 Å². The second kappa shape index (κ2) is 5.16. The molecule has 0 saturated carbocycles. The van der Waals surface area contributed by atoms with Crippen LogP contribution in [0, 0.1) is 0 Å². The topological polar surface area (TPSA) is 58.6 Å². The average molecular weight is 255 g/mol. The molecule has 5 heteroatoms. The molecule has 2 heterocycles. The predicted molar refractivity (Wildman–Crippen MR) is 66.6 cm³/mol. The zero-order valence-corrected chi connectivity index (χ0v) is 10.7. The van der Waals surface area contributed by atoms with Gasteiger partial charge in [-0.1, -0.05) is 0 Å². The minimum absolute atomic E-state index is 0.0318. The summed E-state index contributed by atoms with van der Waals surface area (Å²) in [5.74, 6) is -0.846. The summed E-state index contributed by atoms with van der Waals surface area (Å²) in [7, 11) is 0. The van der Waals surface area contributed by atoms with E-state index in [0.717, 1.165) is 25.0 Å². The lowest BCUT2D eigenvalue weighted by Crippen LogP contribution is -2.48. The Hall–Kier alpha value is -0.910. The summed E-state index contributed by atoms with van der Waals surface area (Å²) in [5.41, 5.74) is 0.824. The molecule has 2 N–H and O–H groups in total. The van der Waals surface area contributed by atoms with Gasteiger partial charge in [0, 0.05) is 18.7 Å². The molecule has 0 spiro atoms. The van der Waals surface area contributed by atoms with Crippen molar-refractivity contribution >= 4 is 17.3 Å². The number of hydrogen-bond acceptors (Lipinski definition) is 4. The highest BCUT2D eigenvalue weighted by molar-refractivity contribution is 7.12. The average Bonchev–Trinajstić information content (AvgIpc) is 2.76. The lowest BCUT2D eigenvalue weighted by atomic mass is 9.94. The molecule has 0 aliphatic carbocycles. The van der Waals surface area contributed by atoms with E-state index in [9.17, 15) is 4.79 Å². The Kier molecular flexibility index (Phi) is 3.81. The maximum atomic E-state index is 11.0. The molecule has 1 aromatic heterocycles. The molecule has 1 aromatic rings. The lowest BCUT2D eigenvalue weighted by Gasteiger charge is -2.34. The Balaban J connectivity index is 1.97. The zero-order chi connectivity index (χ0) is 12.3. The summed E-state index contributed by atoms with van der Waals surface area (Å²) in [5, 5.41) is 14.2. The van der Waals surface area contributed by atoms with Crippen molar-refractivity contribution in [3.8, 4) is 0 Å². The molecule has 1 atom stereocenters. The second-order valence-electron chi connectivity index (χ2n) is 4.65.